The van der Waals surface area contributed by atoms with Crippen molar-refractivity contribution in [1.82, 2.24) is 5.32 Å². The van der Waals surface area contributed by atoms with E-state index in [-0.39, 0.29) is 5.92 Å². The van der Waals surface area contributed by atoms with Crippen molar-refractivity contribution in [3.8, 4) is 0 Å². The Hall–Kier alpha value is -0.570. The van der Waals surface area contributed by atoms with Gasteiger partial charge in [0.1, 0.15) is 0 Å². The lowest BCUT2D eigenvalue weighted by Crippen LogP contribution is -2.23. The molecule has 0 unspecified atom stereocenters. The summed E-state index contributed by atoms with van der Waals surface area (Å²) < 4.78 is 0. The second-order valence-electron chi connectivity index (χ2n) is 3.99. The summed E-state index contributed by atoms with van der Waals surface area (Å²) in [5.41, 5.74) is 0. The number of aliphatic carboxylic acids is 1. The molecule has 2 atom stereocenters. The van der Waals surface area contributed by atoms with Crippen LogP contribution in [0.25, 0.3) is 0 Å². The van der Waals surface area contributed by atoms with Gasteiger partial charge in [-0.1, -0.05) is 13.8 Å². The molecule has 0 amide bonds. The first-order valence-electron chi connectivity index (χ1n) is 4.54. The van der Waals surface area contributed by atoms with Crippen LogP contribution in [0.3, 0.4) is 0 Å². The van der Waals surface area contributed by atoms with Crippen molar-refractivity contribution in [2.75, 3.05) is 13.1 Å². The molecule has 0 aromatic heterocycles. The Balaban J connectivity index is 2.46. The van der Waals surface area contributed by atoms with Crippen LogP contribution in [0.4, 0.5) is 0 Å². The molecule has 1 heterocycles. The maximum absolute atomic E-state index is 10.8. The van der Waals surface area contributed by atoms with E-state index in [0.29, 0.717) is 18.4 Å². The summed E-state index contributed by atoms with van der Waals surface area (Å²) in [5.74, 6) is 0.122. The molecule has 1 fully saturated rings. The number of carbonyl (C=O) groups is 1. The maximum atomic E-state index is 10.8. The van der Waals surface area contributed by atoms with Crippen LogP contribution in [0.5, 0.6) is 0 Å². The number of hydrogen-bond acceptors (Lipinski definition) is 2. The Morgan fingerprint density at radius 1 is 1.58 bits per heavy atom. The lowest BCUT2D eigenvalue weighted by molar-refractivity contribution is -0.142. The molecule has 0 spiro atoms. The van der Waals surface area contributed by atoms with Gasteiger partial charge < -0.3 is 10.4 Å². The minimum absolute atomic E-state index is 0.160. The third-order valence-electron chi connectivity index (χ3n) is 2.43. The smallest absolute Gasteiger partial charge is 0.308 e. The number of hydrogen-bond donors (Lipinski definition) is 2. The molecule has 12 heavy (non-hydrogen) atoms. The van der Waals surface area contributed by atoms with E-state index >= 15 is 0 Å². The number of rotatable bonds is 3. The van der Waals surface area contributed by atoms with Gasteiger partial charge in [0.05, 0.1) is 5.92 Å². The zero-order valence-electron chi connectivity index (χ0n) is 7.71. The lowest BCUT2D eigenvalue weighted by Gasteiger charge is -2.16. The molecular formula is C9H17NO2. The predicted molar refractivity (Wildman–Crippen MR) is 46.9 cm³/mol. The van der Waals surface area contributed by atoms with Crippen LogP contribution < -0.4 is 5.32 Å². The minimum atomic E-state index is -0.648. The standard InChI is InChI=1S/C9H17NO2/c1-6(2)3-7-4-10-5-8(7)9(11)12/h6-8,10H,3-5H2,1-2H3,(H,11,12)/t7-,8-/m1/s1. The Labute approximate surface area is 73.2 Å². The molecule has 0 radical (unpaired) electrons. The molecule has 2 N–H and O–H groups in total. The van der Waals surface area contributed by atoms with E-state index in [9.17, 15) is 4.79 Å². The molecule has 70 valence electrons. The first-order chi connectivity index (χ1) is 5.61. The van der Waals surface area contributed by atoms with Crippen LogP contribution in [0.15, 0.2) is 0 Å². The van der Waals surface area contributed by atoms with Gasteiger partial charge in [-0.15, -0.1) is 0 Å². The van der Waals surface area contributed by atoms with Crippen molar-refractivity contribution in [3.63, 3.8) is 0 Å². The topological polar surface area (TPSA) is 49.3 Å². The van der Waals surface area contributed by atoms with Crippen LogP contribution in [-0.2, 0) is 4.79 Å². The van der Waals surface area contributed by atoms with Gasteiger partial charge in [0.2, 0.25) is 0 Å². The molecule has 3 heteroatoms. The Morgan fingerprint density at radius 2 is 2.25 bits per heavy atom. The SMILES string of the molecule is CC(C)C[C@@H]1CNC[C@H]1C(=O)O. The van der Waals surface area contributed by atoms with Crippen molar-refractivity contribution in [2.24, 2.45) is 17.8 Å². The van der Waals surface area contributed by atoms with Crippen molar-refractivity contribution in [3.05, 3.63) is 0 Å². The quantitative estimate of drug-likeness (QED) is 0.664. The maximum Gasteiger partial charge on any atom is 0.308 e. The molecule has 0 saturated carbocycles. The van der Waals surface area contributed by atoms with E-state index in [1.54, 1.807) is 0 Å². The molecule has 0 aromatic carbocycles. The van der Waals surface area contributed by atoms with E-state index in [1.807, 2.05) is 0 Å². The molecule has 0 aliphatic carbocycles. The van der Waals surface area contributed by atoms with Gasteiger partial charge in [0.15, 0.2) is 0 Å². The molecule has 1 aliphatic rings. The summed E-state index contributed by atoms with van der Waals surface area (Å²) in [6, 6.07) is 0. The molecule has 0 aromatic rings. The Kier molecular flexibility index (Phi) is 3.09. The first kappa shape index (κ1) is 9.52. The molecule has 0 bridgehead atoms. The van der Waals surface area contributed by atoms with E-state index in [0.717, 1.165) is 13.0 Å². The van der Waals surface area contributed by atoms with Crippen LogP contribution in [0, 0.1) is 17.8 Å². The highest BCUT2D eigenvalue weighted by Crippen LogP contribution is 2.23. The molecular weight excluding hydrogens is 154 g/mol. The van der Waals surface area contributed by atoms with E-state index in [2.05, 4.69) is 19.2 Å². The van der Waals surface area contributed by atoms with Gasteiger partial charge in [-0.25, -0.2) is 0 Å². The van der Waals surface area contributed by atoms with Gasteiger partial charge in [-0.2, -0.15) is 0 Å². The first-order valence-corrected chi connectivity index (χ1v) is 4.54. The second-order valence-corrected chi connectivity index (χ2v) is 3.99. The summed E-state index contributed by atoms with van der Waals surface area (Å²) in [4.78, 5) is 10.8. The largest absolute Gasteiger partial charge is 0.481 e. The lowest BCUT2D eigenvalue weighted by atomic mass is 9.88. The van der Waals surface area contributed by atoms with Crippen molar-refractivity contribution < 1.29 is 9.90 Å². The molecule has 1 aliphatic heterocycles. The summed E-state index contributed by atoms with van der Waals surface area (Å²) in [5, 5.41) is 12.0. The molecule has 1 rings (SSSR count). The fraction of sp³-hybridized carbons (Fsp3) is 0.889. The third-order valence-corrected chi connectivity index (χ3v) is 2.43. The Morgan fingerprint density at radius 3 is 2.75 bits per heavy atom. The monoisotopic (exact) mass is 171 g/mol. The van der Waals surface area contributed by atoms with E-state index in [1.165, 1.54) is 0 Å². The fourth-order valence-electron chi connectivity index (χ4n) is 1.88. The number of carboxylic acids is 1. The van der Waals surface area contributed by atoms with Gasteiger partial charge in [0, 0.05) is 6.54 Å². The Bertz CT molecular complexity index is 168. The number of carboxylic acid groups (broad SMARTS) is 1. The van der Waals surface area contributed by atoms with Crippen molar-refractivity contribution >= 4 is 5.97 Å². The predicted octanol–water partition coefficient (Wildman–Crippen LogP) is 0.953. The van der Waals surface area contributed by atoms with Crippen LogP contribution >= 0.6 is 0 Å². The van der Waals surface area contributed by atoms with Crippen LogP contribution in [0.1, 0.15) is 20.3 Å². The normalized spacial score (nSPS) is 29.6. The summed E-state index contributed by atoms with van der Waals surface area (Å²) in [6.07, 6.45) is 1.02. The highest BCUT2D eigenvalue weighted by Gasteiger charge is 2.32. The highest BCUT2D eigenvalue weighted by molar-refractivity contribution is 5.71. The number of nitrogens with one attached hydrogen (secondary N) is 1. The summed E-state index contributed by atoms with van der Waals surface area (Å²) >= 11 is 0. The zero-order chi connectivity index (χ0) is 9.14. The van der Waals surface area contributed by atoms with E-state index in [4.69, 9.17) is 5.11 Å². The van der Waals surface area contributed by atoms with Crippen molar-refractivity contribution in [2.45, 2.75) is 20.3 Å². The van der Waals surface area contributed by atoms with Gasteiger partial charge in [-0.05, 0) is 24.8 Å². The van der Waals surface area contributed by atoms with Crippen LogP contribution in [-0.4, -0.2) is 24.2 Å². The summed E-state index contributed by atoms with van der Waals surface area (Å²) in [7, 11) is 0. The highest BCUT2D eigenvalue weighted by atomic mass is 16.4. The third kappa shape index (κ3) is 2.21. The van der Waals surface area contributed by atoms with E-state index < -0.39 is 5.97 Å². The fourth-order valence-corrected chi connectivity index (χ4v) is 1.88. The van der Waals surface area contributed by atoms with Gasteiger partial charge >= 0.3 is 5.97 Å². The molecule has 3 nitrogen and oxygen atoms in total. The minimum Gasteiger partial charge on any atom is -0.481 e. The average molecular weight is 171 g/mol. The van der Waals surface area contributed by atoms with Gasteiger partial charge in [0.25, 0.3) is 0 Å². The molecule has 1 saturated heterocycles. The van der Waals surface area contributed by atoms with Crippen molar-refractivity contribution in [1.29, 1.82) is 0 Å². The second kappa shape index (κ2) is 3.90. The zero-order valence-corrected chi connectivity index (χ0v) is 7.71. The summed E-state index contributed by atoms with van der Waals surface area (Å²) in [6.45, 7) is 5.79. The average Bonchev–Trinajstić information content (AvgIpc) is 2.33. The van der Waals surface area contributed by atoms with Crippen LogP contribution in [0.2, 0.25) is 0 Å². The van der Waals surface area contributed by atoms with Gasteiger partial charge in [-0.3, -0.25) is 4.79 Å².